The second kappa shape index (κ2) is 3.75. The molecule has 1 aromatic heterocycles. The van der Waals surface area contributed by atoms with Crippen molar-refractivity contribution in [1.82, 2.24) is 0 Å². The maximum absolute atomic E-state index is 11.6. The quantitative estimate of drug-likeness (QED) is 0.825. The summed E-state index contributed by atoms with van der Waals surface area (Å²) < 4.78 is 5.37. The molecule has 0 spiro atoms. The number of hydrogen-bond donors (Lipinski definition) is 2. The van der Waals surface area contributed by atoms with Crippen LogP contribution >= 0.6 is 11.3 Å². The molecule has 16 heavy (non-hydrogen) atoms. The van der Waals surface area contributed by atoms with Gasteiger partial charge in [0.1, 0.15) is 5.00 Å². The third-order valence-corrected chi connectivity index (χ3v) is 4.18. The van der Waals surface area contributed by atoms with Crippen molar-refractivity contribution < 1.29 is 9.53 Å². The van der Waals surface area contributed by atoms with Gasteiger partial charge >= 0.3 is 0 Å². The fraction of sp³-hybridized carbons (Fsp3) is 0.545. The number of fused-ring (bicyclic) bond motifs is 1. The molecule has 0 aromatic carbocycles. The number of nitrogen functional groups attached to an aromatic ring is 1. The average molecular weight is 238 g/mol. The Labute approximate surface area is 97.8 Å². The molecule has 1 aromatic rings. The first kappa shape index (κ1) is 10.1. The monoisotopic (exact) mass is 238 g/mol. The van der Waals surface area contributed by atoms with Crippen molar-refractivity contribution in [2.45, 2.75) is 25.9 Å². The van der Waals surface area contributed by atoms with Crippen LogP contribution in [0.3, 0.4) is 0 Å². The molecule has 3 N–H and O–H groups in total. The number of hydrogen-bond acceptors (Lipinski definition) is 4. The first-order chi connectivity index (χ1) is 7.75. The summed E-state index contributed by atoms with van der Waals surface area (Å²) in [6, 6.07) is 0. The predicted octanol–water partition coefficient (Wildman–Crippen LogP) is 1.75. The van der Waals surface area contributed by atoms with Gasteiger partial charge in [0.2, 0.25) is 5.91 Å². The van der Waals surface area contributed by atoms with Crippen molar-refractivity contribution in [1.29, 1.82) is 0 Å². The molecule has 2 heterocycles. The summed E-state index contributed by atoms with van der Waals surface area (Å²) in [6.07, 6.45) is 2.89. The zero-order chi connectivity index (χ0) is 11.1. The largest absolute Gasteiger partial charge is 0.396 e. The van der Waals surface area contributed by atoms with Gasteiger partial charge in [-0.1, -0.05) is 0 Å². The Bertz CT molecular complexity index is 437. The fourth-order valence-electron chi connectivity index (χ4n) is 1.91. The first-order valence-electron chi connectivity index (χ1n) is 5.54. The summed E-state index contributed by atoms with van der Waals surface area (Å²) in [5.41, 5.74) is 7.95. The molecular formula is C11H14N2O2S. The number of nitrogens with one attached hydrogen (secondary N) is 1. The molecule has 4 nitrogen and oxygen atoms in total. The van der Waals surface area contributed by atoms with E-state index < -0.39 is 0 Å². The topological polar surface area (TPSA) is 64.3 Å². The van der Waals surface area contributed by atoms with Gasteiger partial charge in [-0.3, -0.25) is 4.79 Å². The SMILES string of the molecule is Nc1c(NC(=O)C2CC2)sc2c1CCOC2. The Morgan fingerprint density at radius 2 is 2.31 bits per heavy atom. The van der Waals surface area contributed by atoms with E-state index in [-0.39, 0.29) is 11.8 Å². The Morgan fingerprint density at radius 1 is 1.50 bits per heavy atom. The molecule has 86 valence electrons. The van der Waals surface area contributed by atoms with E-state index in [0.29, 0.717) is 6.61 Å². The van der Waals surface area contributed by atoms with Gasteiger partial charge in [0.15, 0.2) is 0 Å². The molecule has 3 rings (SSSR count). The summed E-state index contributed by atoms with van der Waals surface area (Å²) in [5.74, 6) is 0.334. The summed E-state index contributed by atoms with van der Waals surface area (Å²) in [4.78, 5) is 12.8. The minimum atomic E-state index is 0.117. The average Bonchev–Trinajstić information content (AvgIpc) is 3.08. The Morgan fingerprint density at radius 3 is 3.00 bits per heavy atom. The number of amides is 1. The molecule has 0 saturated heterocycles. The van der Waals surface area contributed by atoms with E-state index in [1.54, 1.807) is 11.3 Å². The van der Waals surface area contributed by atoms with Gasteiger partial charge in [0, 0.05) is 10.8 Å². The molecule has 1 aliphatic heterocycles. The minimum absolute atomic E-state index is 0.117. The number of carbonyl (C=O) groups excluding carboxylic acids is 1. The molecule has 1 fully saturated rings. The molecule has 0 unspecified atom stereocenters. The van der Waals surface area contributed by atoms with Crippen molar-refractivity contribution in [2.24, 2.45) is 5.92 Å². The molecule has 1 saturated carbocycles. The number of thiophene rings is 1. The highest BCUT2D eigenvalue weighted by atomic mass is 32.1. The molecule has 2 aliphatic rings. The highest BCUT2D eigenvalue weighted by molar-refractivity contribution is 7.17. The number of anilines is 2. The van der Waals surface area contributed by atoms with Crippen molar-refractivity contribution in [2.75, 3.05) is 17.7 Å². The Balaban J connectivity index is 1.83. The number of nitrogens with two attached hydrogens (primary N) is 1. The van der Waals surface area contributed by atoms with Gasteiger partial charge in [-0.15, -0.1) is 11.3 Å². The van der Waals surface area contributed by atoms with Crippen LogP contribution in [0.4, 0.5) is 10.7 Å². The van der Waals surface area contributed by atoms with Gasteiger partial charge in [-0.25, -0.2) is 0 Å². The van der Waals surface area contributed by atoms with Gasteiger partial charge in [0.25, 0.3) is 0 Å². The second-order valence-corrected chi connectivity index (χ2v) is 5.42. The van der Waals surface area contributed by atoms with Gasteiger partial charge in [0.05, 0.1) is 18.9 Å². The maximum atomic E-state index is 11.6. The van der Waals surface area contributed by atoms with E-state index in [4.69, 9.17) is 10.5 Å². The summed E-state index contributed by atoms with van der Waals surface area (Å²) >= 11 is 1.55. The lowest BCUT2D eigenvalue weighted by Gasteiger charge is -2.11. The molecule has 0 bridgehead atoms. The third kappa shape index (κ3) is 1.70. The zero-order valence-electron chi connectivity index (χ0n) is 8.91. The number of carbonyl (C=O) groups is 1. The predicted molar refractivity (Wildman–Crippen MR) is 63.4 cm³/mol. The van der Waals surface area contributed by atoms with Crippen LogP contribution in [0.15, 0.2) is 0 Å². The van der Waals surface area contributed by atoms with E-state index in [0.717, 1.165) is 41.4 Å². The Kier molecular flexibility index (Phi) is 2.37. The van der Waals surface area contributed by atoms with Crippen LogP contribution in [0.25, 0.3) is 0 Å². The van der Waals surface area contributed by atoms with Crippen LogP contribution in [0.5, 0.6) is 0 Å². The highest BCUT2D eigenvalue weighted by Crippen LogP contribution is 2.40. The lowest BCUT2D eigenvalue weighted by atomic mass is 10.1. The number of ether oxygens (including phenoxy) is 1. The molecule has 1 amide bonds. The van der Waals surface area contributed by atoms with Crippen LogP contribution in [-0.4, -0.2) is 12.5 Å². The number of rotatable bonds is 2. The standard InChI is InChI=1S/C11H14N2O2S/c12-9-7-3-4-15-5-8(7)16-11(9)13-10(14)6-1-2-6/h6H,1-5,12H2,(H,13,14). The summed E-state index contributed by atoms with van der Waals surface area (Å²) in [7, 11) is 0. The second-order valence-electron chi connectivity index (χ2n) is 4.31. The molecule has 0 atom stereocenters. The van der Waals surface area contributed by atoms with E-state index in [2.05, 4.69) is 5.32 Å². The van der Waals surface area contributed by atoms with Crippen LogP contribution in [0, 0.1) is 5.92 Å². The molecule has 0 radical (unpaired) electrons. The third-order valence-electron chi connectivity index (χ3n) is 3.05. The van der Waals surface area contributed by atoms with Gasteiger partial charge in [-0.05, 0) is 24.8 Å². The molecular weight excluding hydrogens is 224 g/mol. The smallest absolute Gasteiger partial charge is 0.228 e. The van der Waals surface area contributed by atoms with E-state index >= 15 is 0 Å². The van der Waals surface area contributed by atoms with Crippen molar-refractivity contribution in [3.63, 3.8) is 0 Å². The Hall–Kier alpha value is -1.07. The van der Waals surface area contributed by atoms with Crippen molar-refractivity contribution >= 4 is 27.9 Å². The van der Waals surface area contributed by atoms with E-state index in [1.165, 1.54) is 5.56 Å². The van der Waals surface area contributed by atoms with E-state index in [9.17, 15) is 4.79 Å². The molecule has 5 heteroatoms. The van der Waals surface area contributed by atoms with Crippen LogP contribution in [0.2, 0.25) is 0 Å². The highest BCUT2D eigenvalue weighted by Gasteiger charge is 2.31. The minimum Gasteiger partial charge on any atom is -0.396 e. The van der Waals surface area contributed by atoms with Crippen LogP contribution in [-0.2, 0) is 22.6 Å². The van der Waals surface area contributed by atoms with Crippen LogP contribution in [0.1, 0.15) is 23.3 Å². The molecule has 1 aliphatic carbocycles. The fourth-order valence-corrected chi connectivity index (χ4v) is 3.02. The summed E-state index contributed by atoms with van der Waals surface area (Å²) in [6.45, 7) is 1.35. The summed E-state index contributed by atoms with van der Waals surface area (Å²) in [5, 5.41) is 3.74. The lowest BCUT2D eigenvalue weighted by molar-refractivity contribution is -0.117. The van der Waals surface area contributed by atoms with Gasteiger partial charge < -0.3 is 15.8 Å². The van der Waals surface area contributed by atoms with Crippen molar-refractivity contribution in [3.8, 4) is 0 Å². The zero-order valence-corrected chi connectivity index (χ0v) is 9.73. The lowest BCUT2D eigenvalue weighted by Crippen LogP contribution is -2.13. The normalized spacial score (nSPS) is 19.2. The van der Waals surface area contributed by atoms with Crippen molar-refractivity contribution in [3.05, 3.63) is 10.4 Å². The first-order valence-corrected chi connectivity index (χ1v) is 6.36. The van der Waals surface area contributed by atoms with Crippen LogP contribution < -0.4 is 11.1 Å². The van der Waals surface area contributed by atoms with Gasteiger partial charge in [-0.2, -0.15) is 0 Å². The van der Waals surface area contributed by atoms with E-state index in [1.807, 2.05) is 0 Å². The maximum Gasteiger partial charge on any atom is 0.228 e.